The Morgan fingerprint density at radius 1 is 1.18 bits per heavy atom. The number of fused-ring (bicyclic) bond motifs is 1. The van der Waals surface area contributed by atoms with Gasteiger partial charge in [0.25, 0.3) is 5.91 Å². The summed E-state index contributed by atoms with van der Waals surface area (Å²) in [4.78, 5) is 32.3. The minimum atomic E-state index is -0.224. The molecule has 5 rings (SSSR count). The Bertz CT molecular complexity index is 1190. The van der Waals surface area contributed by atoms with Crippen molar-refractivity contribution >= 4 is 29.0 Å². The third-order valence-electron chi connectivity index (χ3n) is 6.64. The summed E-state index contributed by atoms with van der Waals surface area (Å²) >= 11 is 0. The number of aromatic nitrogens is 3. The molecule has 1 aromatic carbocycles. The molecule has 2 aliphatic rings. The lowest BCUT2D eigenvalue weighted by atomic mass is 9.79. The average Bonchev–Trinajstić information content (AvgIpc) is 3.50. The Morgan fingerprint density at radius 2 is 2.00 bits per heavy atom. The summed E-state index contributed by atoms with van der Waals surface area (Å²) in [6.07, 6.45) is 5.46. The van der Waals surface area contributed by atoms with E-state index in [2.05, 4.69) is 32.7 Å². The summed E-state index contributed by atoms with van der Waals surface area (Å²) in [5.41, 5.74) is 3.85. The number of nitrogens with zero attached hydrogens (tertiary/aromatic N) is 3. The molecule has 0 bridgehead atoms. The van der Waals surface area contributed by atoms with Crippen LogP contribution < -0.4 is 15.5 Å². The van der Waals surface area contributed by atoms with E-state index in [1.54, 1.807) is 25.4 Å². The largest absolute Gasteiger partial charge is 0.363 e. The molecular formula is C25H28N6O2. The van der Waals surface area contributed by atoms with E-state index in [1.165, 1.54) is 0 Å². The maximum absolute atomic E-state index is 12.9. The fraction of sp³-hybridized carbons (Fsp3) is 0.360. The van der Waals surface area contributed by atoms with E-state index < -0.39 is 0 Å². The molecule has 1 aliphatic heterocycles. The molecule has 1 fully saturated rings. The lowest BCUT2D eigenvalue weighted by Gasteiger charge is -2.46. The van der Waals surface area contributed by atoms with Crippen molar-refractivity contribution in [1.29, 1.82) is 0 Å². The molecule has 3 aromatic rings. The van der Waals surface area contributed by atoms with E-state index in [0.29, 0.717) is 17.2 Å². The molecule has 3 heterocycles. The number of pyridine rings is 1. The first-order chi connectivity index (χ1) is 15.9. The molecule has 3 atom stereocenters. The van der Waals surface area contributed by atoms with Crippen molar-refractivity contribution in [2.45, 2.75) is 45.7 Å². The van der Waals surface area contributed by atoms with Crippen LogP contribution in [0.25, 0.3) is 0 Å². The zero-order valence-corrected chi connectivity index (χ0v) is 19.0. The van der Waals surface area contributed by atoms with E-state index in [1.807, 2.05) is 42.2 Å². The average molecular weight is 445 g/mol. The molecule has 170 valence electrons. The number of carbonyl (C=O) groups is 2. The van der Waals surface area contributed by atoms with Gasteiger partial charge in [-0.05, 0) is 61.6 Å². The number of hydrogen-bond donors (Lipinski definition) is 3. The minimum Gasteiger partial charge on any atom is -0.363 e. The van der Waals surface area contributed by atoms with Crippen molar-refractivity contribution < 1.29 is 9.59 Å². The molecule has 8 nitrogen and oxygen atoms in total. The van der Waals surface area contributed by atoms with Crippen LogP contribution in [-0.4, -0.2) is 33.0 Å². The summed E-state index contributed by atoms with van der Waals surface area (Å²) in [5.74, 6) is 1.23. The van der Waals surface area contributed by atoms with Gasteiger partial charge in [-0.2, -0.15) is 5.10 Å². The van der Waals surface area contributed by atoms with Crippen molar-refractivity contribution in [3.8, 4) is 0 Å². The highest BCUT2D eigenvalue weighted by atomic mass is 16.2. The third kappa shape index (κ3) is 4.08. The number of carbonyl (C=O) groups excluding carboxylic acids is 2. The van der Waals surface area contributed by atoms with Gasteiger partial charge in [-0.3, -0.25) is 14.7 Å². The van der Waals surface area contributed by atoms with Crippen LogP contribution in [0.15, 0.2) is 48.8 Å². The van der Waals surface area contributed by atoms with E-state index >= 15 is 0 Å². The molecule has 33 heavy (non-hydrogen) atoms. The number of aromatic amines is 1. The molecule has 3 N–H and O–H groups in total. The number of amides is 2. The van der Waals surface area contributed by atoms with Gasteiger partial charge in [-0.25, -0.2) is 4.98 Å². The fourth-order valence-electron chi connectivity index (χ4n) is 5.01. The number of aryl methyl sites for hydroxylation is 1. The van der Waals surface area contributed by atoms with Gasteiger partial charge in [0.15, 0.2) is 0 Å². The summed E-state index contributed by atoms with van der Waals surface area (Å²) in [7, 11) is 0. The van der Waals surface area contributed by atoms with Crippen LogP contribution >= 0.6 is 0 Å². The zero-order valence-electron chi connectivity index (χ0n) is 19.0. The highest BCUT2D eigenvalue weighted by molar-refractivity contribution is 6.05. The Morgan fingerprint density at radius 3 is 2.67 bits per heavy atom. The molecule has 0 unspecified atom stereocenters. The van der Waals surface area contributed by atoms with Gasteiger partial charge in [0.05, 0.1) is 17.9 Å². The quantitative estimate of drug-likeness (QED) is 0.544. The van der Waals surface area contributed by atoms with Gasteiger partial charge < -0.3 is 15.5 Å². The van der Waals surface area contributed by atoms with Crippen molar-refractivity contribution in [2.75, 3.05) is 15.5 Å². The predicted octanol–water partition coefficient (Wildman–Crippen LogP) is 4.30. The SMILES string of the molecule is CC(=O)N1c2ccc(C(=O)Nc3cn[nH]c3)cc2[C@H](Nc2cccc(C)n2)[C@@H](C)[C@@H]1C1CC1. The zero-order chi connectivity index (χ0) is 23.1. The summed E-state index contributed by atoms with van der Waals surface area (Å²) in [6.45, 7) is 5.78. The van der Waals surface area contributed by atoms with Crippen LogP contribution in [0.3, 0.4) is 0 Å². The Balaban J connectivity index is 1.57. The lowest BCUT2D eigenvalue weighted by Crippen LogP contribution is -2.51. The number of anilines is 3. The second-order valence-corrected chi connectivity index (χ2v) is 9.08. The number of benzene rings is 1. The molecule has 1 saturated carbocycles. The second-order valence-electron chi connectivity index (χ2n) is 9.08. The maximum Gasteiger partial charge on any atom is 0.255 e. The van der Waals surface area contributed by atoms with Crippen LogP contribution in [0.4, 0.5) is 17.2 Å². The second kappa shape index (κ2) is 8.35. The number of nitrogens with one attached hydrogen (secondary N) is 3. The first-order valence-corrected chi connectivity index (χ1v) is 11.4. The molecule has 2 amide bonds. The molecule has 0 radical (unpaired) electrons. The minimum absolute atomic E-state index is 0.0303. The van der Waals surface area contributed by atoms with E-state index in [4.69, 9.17) is 0 Å². The predicted molar refractivity (Wildman–Crippen MR) is 127 cm³/mol. The number of H-pyrrole nitrogens is 1. The van der Waals surface area contributed by atoms with Crippen LogP contribution in [-0.2, 0) is 4.79 Å². The summed E-state index contributed by atoms with van der Waals surface area (Å²) in [5, 5.41) is 13.0. The molecule has 2 aromatic heterocycles. The Hall–Kier alpha value is -3.68. The third-order valence-corrected chi connectivity index (χ3v) is 6.64. The van der Waals surface area contributed by atoms with E-state index in [9.17, 15) is 9.59 Å². The monoisotopic (exact) mass is 444 g/mol. The van der Waals surface area contributed by atoms with Gasteiger partial charge in [0.2, 0.25) is 5.91 Å². The van der Waals surface area contributed by atoms with Crippen molar-refractivity contribution in [3.63, 3.8) is 0 Å². The lowest BCUT2D eigenvalue weighted by molar-refractivity contribution is -0.117. The first kappa shape index (κ1) is 21.2. The van der Waals surface area contributed by atoms with Gasteiger partial charge >= 0.3 is 0 Å². The van der Waals surface area contributed by atoms with Crippen LogP contribution in [0.2, 0.25) is 0 Å². The molecular weight excluding hydrogens is 416 g/mol. The number of hydrogen-bond acceptors (Lipinski definition) is 5. The van der Waals surface area contributed by atoms with Crippen molar-refractivity contribution in [3.05, 3.63) is 65.6 Å². The van der Waals surface area contributed by atoms with Crippen LogP contribution in [0, 0.1) is 18.8 Å². The smallest absolute Gasteiger partial charge is 0.255 e. The van der Waals surface area contributed by atoms with E-state index in [0.717, 1.165) is 35.6 Å². The van der Waals surface area contributed by atoms with Crippen LogP contribution in [0.1, 0.15) is 54.3 Å². The highest BCUT2D eigenvalue weighted by Crippen LogP contribution is 2.50. The van der Waals surface area contributed by atoms with Crippen LogP contribution in [0.5, 0.6) is 0 Å². The van der Waals surface area contributed by atoms with Gasteiger partial charge in [-0.15, -0.1) is 0 Å². The van der Waals surface area contributed by atoms with Gasteiger partial charge in [-0.1, -0.05) is 13.0 Å². The highest BCUT2D eigenvalue weighted by Gasteiger charge is 2.47. The molecule has 0 spiro atoms. The fourth-order valence-corrected chi connectivity index (χ4v) is 5.01. The molecule has 1 aliphatic carbocycles. The summed E-state index contributed by atoms with van der Waals surface area (Å²) in [6, 6.07) is 11.5. The van der Waals surface area contributed by atoms with E-state index in [-0.39, 0.29) is 29.8 Å². The maximum atomic E-state index is 12.9. The number of rotatable bonds is 5. The Labute approximate surface area is 192 Å². The topological polar surface area (TPSA) is 103 Å². The van der Waals surface area contributed by atoms with Gasteiger partial charge in [0.1, 0.15) is 5.82 Å². The first-order valence-electron chi connectivity index (χ1n) is 11.4. The normalized spacial score (nSPS) is 21.9. The molecule has 8 heteroatoms. The standard InChI is InChI=1S/C25H28N6O2/c1-14-5-4-6-22(28-14)30-23-15(2)24(17-7-8-17)31(16(3)32)21-10-9-18(11-20(21)23)25(33)29-19-12-26-27-13-19/h4-6,9-13,15,17,23-24H,7-8H2,1-3H3,(H,26,27)(H,28,30)(H,29,33)/t15-,23-,24-/m1/s1. The summed E-state index contributed by atoms with van der Waals surface area (Å²) < 4.78 is 0. The Kier molecular flexibility index (Phi) is 5.36. The van der Waals surface area contributed by atoms with Gasteiger partial charge in [0, 0.05) is 42.0 Å². The molecule has 0 saturated heterocycles. The van der Waals surface area contributed by atoms with Crippen molar-refractivity contribution in [1.82, 2.24) is 15.2 Å². The van der Waals surface area contributed by atoms with Crippen molar-refractivity contribution in [2.24, 2.45) is 11.8 Å².